The molecule has 1 aromatic heterocycles. The van der Waals surface area contributed by atoms with E-state index in [0.717, 1.165) is 12.1 Å². The number of nitrogens with zero attached hydrogens (tertiary/aromatic N) is 1. The second-order valence-corrected chi connectivity index (χ2v) is 3.76. The van der Waals surface area contributed by atoms with E-state index in [1.54, 1.807) is 0 Å². The summed E-state index contributed by atoms with van der Waals surface area (Å²) in [6.45, 7) is 0. The van der Waals surface area contributed by atoms with Crippen LogP contribution in [0.4, 0.5) is 22.0 Å². The first-order valence-corrected chi connectivity index (χ1v) is 4.53. The Morgan fingerprint density at radius 2 is 1.80 bits per heavy atom. The van der Waals surface area contributed by atoms with Crippen molar-refractivity contribution in [1.29, 1.82) is 0 Å². The lowest BCUT2D eigenvalue weighted by molar-refractivity contribution is -0.137. The molecule has 0 N–H and O–H groups in total. The van der Waals surface area contributed by atoms with Gasteiger partial charge < -0.3 is 0 Å². The van der Waals surface area contributed by atoms with Crippen LogP contribution >= 0.6 is 11.3 Å². The molecule has 0 saturated heterocycles. The Hall–Kier alpha value is -1.24. The monoisotopic (exact) mass is 239 g/mol. The number of hydrogen-bond donors (Lipinski definition) is 0. The summed E-state index contributed by atoms with van der Waals surface area (Å²) in [6, 6.07) is 1.84. The molecular formula is C8H2F5NS. The highest BCUT2D eigenvalue weighted by atomic mass is 32.1. The van der Waals surface area contributed by atoms with Gasteiger partial charge in [-0.1, -0.05) is 0 Å². The van der Waals surface area contributed by atoms with Crippen molar-refractivity contribution in [2.24, 2.45) is 0 Å². The van der Waals surface area contributed by atoms with Crippen LogP contribution in [0.3, 0.4) is 0 Å². The molecule has 2 rings (SSSR count). The maximum absolute atomic E-state index is 13.0. The van der Waals surface area contributed by atoms with Gasteiger partial charge in [0, 0.05) is 0 Å². The molecule has 0 aliphatic rings. The first-order valence-electron chi connectivity index (χ1n) is 3.71. The highest BCUT2D eigenvalue weighted by molar-refractivity contribution is 7.18. The Kier molecular flexibility index (Phi) is 2.14. The number of benzene rings is 1. The third kappa shape index (κ3) is 1.67. The van der Waals surface area contributed by atoms with E-state index in [2.05, 4.69) is 4.98 Å². The molecule has 1 aromatic carbocycles. The molecule has 2 aromatic rings. The van der Waals surface area contributed by atoms with Crippen LogP contribution in [0.2, 0.25) is 0 Å². The van der Waals surface area contributed by atoms with E-state index in [0.29, 0.717) is 0 Å². The highest BCUT2D eigenvalue weighted by Gasteiger charge is 2.35. The molecule has 1 heterocycles. The second-order valence-electron chi connectivity index (χ2n) is 2.72. The van der Waals surface area contributed by atoms with Crippen LogP contribution in [0, 0.1) is 11.6 Å². The molecule has 15 heavy (non-hydrogen) atoms. The third-order valence-electron chi connectivity index (χ3n) is 1.69. The van der Waals surface area contributed by atoms with Gasteiger partial charge in [0.15, 0.2) is 16.6 Å². The molecule has 80 valence electrons. The molecule has 0 amide bonds. The Bertz CT molecular complexity index is 515. The molecule has 1 nitrogen and oxygen atoms in total. The quantitative estimate of drug-likeness (QED) is 0.640. The zero-order valence-corrected chi connectivity index (χ0v) is 7.72. The normalized spacial score (nSPS) is 12.3. The lowest BCUT2D eigenvalue weighted by Gasteiger charge is -1.98. The van der Waals surface area contributed by atoms with E-state index in [4.69, 9.17) is 0 Å². The summed E-state index contributed by atoms with van der Waals surface area (Å²) in [5.41, 5.74) is -0.577. The first-order chi connectivity index (χ1) is 6.89. The number of rotatable bonds is 0. The average Bonchev–Trinajstić information content (AvgIpc) is 2.55. The standard InChI is InChI=1S/C8H2F5NS/c9-3-1-2-4-6(5(3)10)14-7(15-4)8(11,12)13/h1-2H. The fourth-order valence-electron chi connectivity index (χ4n) is 1.06. The van der Waals surface area contributed by atoms with Crippen molar-refractivity contribution >= 4 is 21.6 Å². The van der Waals surface area contributed by atoms with E-state index in [1.165, 1.54) is 0 Å². The average molecular weight is 239 g/mol. The van der Waals surface area contributed by atoms with Crippen LogP contribution < -0.4 is 0 Å². The third-order valence-corrected chi connectivity index (χ3v) is 2.76. The van der Waals surface area contributed by atoms with E-state index < -0.39 is 28.3 Å². The van der Waals surface area contributed by atoms with Gasteiger partial charge in [0.25, 0.3) is 0 Å². The van der Waals surface area contributed by atoms with Crippen LogP contribution in [-0.2, 0) is 6.18 Å². The maximum Gasteiger partial charge on any atom is 0.443 e. The molecule has 0 saturated carbocycles. The van der Waals surface area contributed by atoms with Crippen molar-refractivity contribution < 1.29 is 22.0 Å². The molecule has 0 aliphatic carbocycles. The van der Waals surface area contributed by atoms with Gasteiger partial charge in [-0.3, -0.25) is 0 Å². The summed E-state index contributed by atoms with van der Waals surface area (Å²) in [6.07, 6.45) is -4.63. The van der Waals surface area contributed by atoms with Crippen LogP contribution in [0.1, 0.15) is 5.01 Å². The minimum atomic E-state index is -4.63. The SMILES string of the molecule is Fc1ccc2sc(C(F)(F)F)nc2c1F. The topological polar surface area (TPSA) is 12.9 Å². The summed E-state index contributed by atoms with van der Waals surface area (Å²) < 4.78 is 62.2. The van der Waals surface area contributed by atoms with Gasteiger partial charge in [-0.2, -0.15) is 13.2 Å². The molecular weight excluding hydrogens is 237 g/mol. The van der Waals surface area contributed by atoms with E-state index >= 15 is 0 Å². The number of halogens is 5. The zero-order chi connectivity index (χ0) is 11.2. The molecule has 0 radical (unpaired) electrons. The van der Waals surface area contributed by atoms with E-state index in [-0.39, 0.29) is 16.0 Å². The molecule has 0 aliphatic heterocycles. The molecule has 0 fully saturated rings. The maximum atomic E-state index is 13.0. The summed E-state index contributed by atoms with van der Waals surface area (Å²) >= 11 is 0.284. The van der Waals surface area contributed by atoms with Crippen molar-refractivity contribution in [2.45, 2.75) is 6.18 Å². The van der Waals surface area contributed by atoms with Crippen molar-refractivity contribution in [1.82, 2.24) is 4.98 Å². The zero-order valence-electron chi connectivity index (χ0n) is 6.90. The van der Waals surface area contributed by atoms with Gasteiger partial charge in [-0.05, 0) is 12.1 Å². The smallest absolute Gasteiger partial charge is 0.229 e. The van der Waals surface area contributed by atoms with Gasteiger partial charge in [-0.15, -0.1) is 11.3 Å². The molecule has 0 atom stereocenters. The van der Waals surface area contributed by atoms with Crippen molar-refractivity contribution in [3.05, 3.63) is 28.8 Å². The Balaban J connectivity index is 2.72. The largest absolute Gasteiger partial charge is 0.443 e. The van der Waals surface area contributed by atoms with Crippen molar-refractivity contribution in [3.8, 4) is 0 Å². The Labute approximate surface area is 84.2 Å². The number of fused-ring (bicyclic) bond motifs is 1. The van der Waals surface area contributed by atoms with E-state index in [9.17, 15) is 22.0 Å². The van der Waals surface area contributed by atoms with Gasteiger partial charge in [0.2, 0.25) is 0 Å². The minimum Gasteiger partial charge on any atom is -0.229 e. The lowest BCUT2D eigenvalue weighted by atomic mass is 10.3. The molecule has 0 bridgehead atoms. The highest BCUT2D eigenvalue weighted by Crippen LogP contribution is 2.36. The summed E-state index contributed by atoms with van der Waals surface area (Å²) in [7, 11) is 0. The Morgan fingerprint density at radius 1 is 1.13 bits per heavy atom. The predicted molar refractivity (Wildman–Crippen MR) is 44.5 cm³/mol. The first kappa shape index (κ1) is 10.3. The Morgan fingerprint density at radius 3 is 2.40 bits per heavy atom. The second kappa shape index (κ2) is 3.13. The van der Waals surface area contributed by atoms with Crippen LogP contribution in [0.15, 0.2) is 12.1 Å². The van der Waals surface area contributed by atoms with Gasteiger partial charge in [0.1, 0.15) is 5.52 Å². The van der Waals surface area contributed by atoms with Crippen LogP contribution in [0.5, 0.6) is 0 Å². The predicted octanol–water partition coefficient (Wildman–Crippen LogP) is 3.59. The van der Waals surface area contributed by atoms with Gasteiger partial charge in [0.05, 0.1) is 4.70 Å². The van der Waals surface area contributed by atoms with Crippen LogP contribution in [-0.4, -0.2) is 4.98 Å². The number of hydrogen-bond acceptors (Lipinski definition) is 2. The molecule has 0 spiro atoms. The number of alkyl halides is 3. The number of aromatic nitrogens is 1. The summed E-state index contributed by atoms with van der Waals surface area (Å²) in [4.78, 5) is 3.02. The summed E-state index contributed by atoms with van der Waals surface area (Å²) in [5.74, 6) is -2.55. The fourth-order valence-corrected chi connectivity index (χ4v) is 1.89. The molecule has 7 heteroatoms. The van der Waals surface area contributed by atoms with Gasteiger partial charge >= 0.3 is 6.18 Å². The van der Waals surface area contributed by atoms with Crippen molar-refractivity contribution in [3.63, 3.8) is 0 Å². The van der Waals surface area contributed by atoms with Crippen LogP contribution in [0.25, 0.3) is 10.2 Å². The van der Waals surface area contributed by atoms with Gasteiger partial charge in [-0.25, -0.2) is 13.8 Å². The fraction of sp³-hybridized carbons (Fsp3) is 0.125. The van der Waals surface area contributed by atoms with Crippen molar-refractivity contribution in [2.75, 3.05) is 0 Å². The molecule has 0 unspecified atom stereocenters. The number of thiazole rings is 1. The minimum absolute atomic E-state index is 0.0266. The lowest BCUT2D eigenvalue weighted by Crippen LogP contribution is -2.03. The van der Waals surface area contributed by atoms with E-state index in [1.807, 2.05) is 0 Å². The summed E-state index contributed by atoms with van der Waals surface area (Å²) in [5, 5.41) is -1.18.